The third-order valence-electron chi connectivity index (χ3n) is 2.46. The zero-order valence-electron chi connectivity index (χ0n) is 8.64. The monoisotopic (exact) mass is 528 g/mol. The van der Waals surface area contributed by atoms with E-state index in [4.69, 9.17) is 0 Å². The number of fused-ring (bicyclic) bond motifs is 2. The minimum absolute atomic E-state index is 1.04. The second-order valence-corrected chi connectivity index (χ2v) is 8.84. The predicted molar refractivity (Wildman–Crippen MR) is 91.9 cm³/mol. The van der Waals surface area contributed by atoms with Gasteiger partial charge in [-0.15, -0.1) is 0 Å². The second kappa shape index (κ2) is 5.45. The van der Waals surface area contributed by atoms with E-state index in [0.717, 1.165) is 17.9 Å². The smallest absolute Gasteiger partial charge is 0.0483 e. The summed E-state index contributed by atoms with van der Waals surface area (Å²) in [4.78, 5) is 5.11. The van der Waals surface area contributed by atoms with Crippen LogP contribution in [0.3, 0.4) is 0 Å². The van der Waals surface area contributed by atoms with Crippen molar-refractivity contribution in [2.24, 2.45) is 0 Å². The summed E-state index contributed by atoms with van der Waals surface area (Å²) in [7, 11) is 0. The first kappa shape index (κ1) is 14.0. The minimum Gasteiger partial charge on any atom is -0.0864 e. The van der Waals surface area contributed by atoms with E-state index in [1.54, 1.807) is 23.5 Å². The van der Waals surface area contributed by atoms with Gasteiger partial charge in [0.25, 0.3) is 0 Å². The van der Waals surface area contributed by atoms with E-state index in [2.05, 4.69) is 88.0 Å². The van der Waals surface area contributed by atoms with E-state index in [1.807, 2.05) is 0 Å². The van der Waals surface area contributed by atoms with Crippen LogP contribution in [0.5, 0.6) is 0 Å². The standard InChI is InChI=1S/C12H4Br4S2/c13-7-8(14)10(16)12-11(9(7)15)17-5-3-1-2-4-6(5)18-12/h1-4H. The number of rotatable bonds is 0. The molecular formula is C12H4Br4S2. The fourth-order valence-corrected chi connectivity index (χ4v) is 7.08. The zero-order valence-corrected chi connectivity index (χ0v) is 16.6. The van der Waals surface area contributed by atoms with E-state index >= 15 is 0 Å². The molecule has 0 aliphatic carbocycles. The van der Waals surface area contributed by atoms with Crippen LogP contribution in [0.4, 0.5) is 0 Å². The molecular weight excluding hydrogens is 528 g/mol. The van der Waals surface area contributed by atoms with Crippen LogP contribution < -0.4 is 0 Å². The van der Waals surface area contributed by atoms with E-state index in [9.17, 15) is 0 Å². The van der Waals surface area contributed by atoms with Crippen molar-refractivity contribution < 1.29 is 0 Å². The molecule has 0 fully saturated rings. The molecule has 3 rings (SSSR count). The van der Waals surface area contributed by atoms with Gasteiger partial charge in [-0.1, -0.05) is 35.7 Å². The molecule has 0 N–H and O–H groups in total. The van der Waals surface area contributed by atoms with Crippen LogP contribution in [0.2, 0.25) is 0 Å². The molecule has 1 aliphatic heterocycles. The van der Waals surface area contributed by atoms with Crippen molar-refractivity contribution in [2.45, 2.75) is 19.6 Å². The quantitative estimate of drug-likeness (QED) is 0.220. The van der Waals surface area contributed by atoms with Crippen LogP contribution in [-0.2, 0) is 0 Å². The normalized spacial score (nSPS) is 13.1. The van der Waals surface area contributed by atoms with Gasteiger partial charge in [0, 0.05) is 37.5 Å². The van der Waals surface area contributed by atoms with Crippen LogP contribution in [0, 0.1) is 0 Å². The van der Waals surface area contributed by atoms with Gasteiger partial charge in [-0.3, -0.25) is 0 Å². The number of benzene rings is 2. The highest BCUT2D eigenvalue weighted by atomic mass is 79.9. The van der Waals surface area contributed by atoms with Gasteiger partial charge in [0.1, 0.15) is 0 Å². The Labute approximate surface area is 147 Å². The van der Waals surface area contributed by atoms with Crippen LogP contribution in [-0.4, -0.2) is 0 Å². The Morgan fingerprint density at radius 2 is 1.00 bits per heavy atom. The van der Waals surface area contributed by atoms with Crippen LogP contribution in [0.25, 0.3) is 0 Å². The molecule has 0 bridgehead atoms. The Kier molecular flexibility index (Phi) is 4.24. The lowest BCUT2D eigenvalue weighted by Gasteiger charge is -2.22. The maximum Gasteiger partial charge on any atom is 0.0483 e. The lowest BCUT2D eigenvalue weighted by molar-refractivity contribution is 1.11. The molecule has 1 heterocycles. The average Bonchev–Trinajstić information content (AvgIpc) is 2.41. The molecule has 0 spiro atoms. The average molecular weight is 532 g/mol. The van der Waals surface area contributed by atoms with E-state index in [-0.39, 0.29) is 0 Å². The summed E-state index contributed by atoms with van der Waals surface area (Å²) in [5.74, 6) is 0. The van der Waals surface area contributed by atoms with Crippen LogP contribution >= 0.6 is 87.2 Å². The number of hydrogen-bond acceptors (Lipinski definition) is 2. The van der Waals surface area contributed by atoms with Gasteiger partial charge in [-0.25, -0.2) is 0 Å². The molecule has 0 radical (unpaired) electrons. The van der Waals surface area contributed by atoms with Gasteiger partial charge in [0.05, 0.1) is 0 Å². The Morgan fingerprint density at radius 1 is 0.611 bits per heavy atom. The third-order valence-corrected chi connectivity index (χ3v) is 10.4. The van der Waals surface area contributed by atoms with E-state index in [1.165, 1.54) is 19.6 Å². The molecule has 0 atom stereocenters. The molecule has 6 heteroatoms. The lowest BCUT2D eigenvalue weighted by Crippen LogP contribution is -1.93. The highest BCUT2D eigenvalue weighted by Crippen LogP contribution is 2.57. The largest absolute Gasteiger partial charge is 0.0864 e. The topological polar surface area (TPSA) is 0 Å². The summed E-state index contributed by atoms with van der Waals surface area (Å²) in [5, 5.41) is 0. The molecule has 1 aliphatic rings. The summed E-state index contributed by atoms with van der Waals surface area (Å²) in [6, 6.07) is 8.47. The highest BCUT2D eigenvalue weighted by molar-refractivity contribution is 9.15. The summed E-state index contributed by atoms with van der Waals surface area (Å²) in [6.45, 7) is 0. The van der Waals surface area contributed by atoms with Gasteiger partial charge in [-0.05, 0) is 75.9 Å². The van der Waals surface area contributed by atoms with Crippen molar-refractivity contribution >= 4 is 87.2 Å². The van der Waals surface area contributed by atoms with Gasteiger partial charge in [0.2, 0.25) is 0 Å². The summed E-state index contributed by atoms with van der Waals surface area (Å²) in [5.41, 5.74) is 0. The first-order valence-corrected chi connectivity index (χ1v) is 9.70. The summed E-state index contributed by atoms with van der Waals surface area (Å²) >= 11 is 18.1. The van der Waals surface area contributed by atoms with Crippen molar-refractivity contribution in [1.82, 2.24) is 0 Å². The SMILES string of the molecule is Brc1c(Br)c(Br)c2c(c1Br)Sc1ccccc1S2. The molecule has 0 saturated heterocycles. The predicted octanol–water partition coefficient (Wildman–Crippen LogP) is 7.35. The molecule has 0 saturated carbocycles. The zero-order chi connectivity index (χ0) is 12.9. The summed E-state index contributed by atoms with van der Waals surface area (Å²) < 4.78 is 4.28. The first-order chi connectivity index (χ1) is 8.59. The fourth-order valence-electron chi connectivity index (χ4n) is 1.61. The van der Waals surface area contributed by atoms with Gasteiger partial charge >= 0.3 is 0 Å². The Hall–Kier alpha value is 1.06. The minimum atomic E-state index is 1.04. The van der Waals surface area contributed by atoms with Crippen molar-refractivity contribution in [3.63, 3.8) is 0 Å². The maximum atomic E-state index is 3.67. The molecule has 2 aromatic rings. The Balaban J connectivity index is 2.25. The molecule has 0 unspecified atom stereocenters. The Bertz CT molecular complexity index is 599. The lowest BCUT2D eigenvalue weighted by atomic mass is 10.3. The number of halogens is 4. The Morgan fingerprint density at radius 3 is 1.39 bits per heavy atom. The van der Waals surface area contributed by atoms with Gasteiger partial charge in [0.15, 0.2) is 0 Å². The number of hydrogen-bond donors (Lipinski definition) is 0. The second-order valence-electron chi connectivity index (χ2n) is 3.57. The van der Waals surface area contributed by atoms with Gasteiger partial charge < -0.3 is 0 Å². The molecule has 0 nitrogen and oxygen atoms in total. The molecule has 92 valence electrons. The van der Waals surface area contributed by atoms with E-state index < -0.39 is 0 Å². The van der Waals surface area contributed by atoms with Crippen molar-refractivity contribution in [2.75, 3.05) is 0 Å². The third kappa shape index (κ3) is 2.27. The fraction of sp³-hybridized carbons (Fsp3) is 0. The van der Waals surface area contributed by atoms with Crippen molar-refractivity contribution in [3.8, 4) is 0 Å². The van der Waals surface area contributed by atoms with Crippen molar-refractivity contribution in [3.05, 3.63) is 42.2 Å². The maximum absolute atomic E-state index is 3.67. The molecule has 18 heavy (non-hydrogen) atoms. The van der Waals surface area contributed by atoms with E-state index in [0.29, 0.717) is 0 Å². The van der Waals surface area contributed by atoms with Crippen LogP contribution in [0.1, 0.15) is 0 Å². The van der Waals surface area contributed by atoms with Crippen molar-refractivity contribution in [1.29, 1.82) is 0 Å². The van der Waals surface area contributed by atoms with Gasteiger partial charge in [-0.2, -0.15) is 0 Å². The highest BCUT2D eigenvalue weighted by Gasteiger charge is 2.25. The summed E-state index contributed by atoms with van der Waals surface area (Å²) in [6.07, 6.45) is 0. The first-order valence-electron chi connectivity index (χ1n) is 4.90. The molecule has 0 amide bonds. The molecule has 2 aromatic carbocycles. The molecule has 0 aromatic heterocycles. The van der Waals surface area contributed by atoms with Crippen LogP contribution in [0.15, 0.2) is 61.7 Å².